The van der Waals surface area contributed by atoms with Gasteiger partial charge in [0.1, 0.15) is 5.82 Å². The van der Waals surface area contributed by atoms with Crippen LogP contribution in [0, 0.1) is 19.7 Å². The zero-order valence-electron chi connectivity index (χ0n) is 13.0. The van der Waals surface area contributed by atoms with E-state index in [9.17, 15) is 9.18 Å². The minimum Gasteiger partial charge on any atom is -0.308 e. The predicted molar refractivity (Wildman–Crippen MR) is 99.2 cm³/mol. The van der Waals surface area contributed by atoms with Crippen LogP contribution in [-0.4, -0.2) is 16.0 Å². The molecule has 0 bridgehead atoms. The summed E-state index contributed by atoms with van der Waals surface area (Å²) in [4.78, 5) is 16.6. The predicted octanol–water partition coefficient (Wildman–Crippen LogP) is 4.18. The van der Waals surface area contributed by atoms with E-state index in [1.165, 1.54) is 23.5 Å². The minimum atomic E-state index is -0.316. The third-order valence-electron chi connectivity index (χ3n) is 3.42. The molecule has 24 heavy (non-hydrogen) atoms. The van der Waals surface area contributed by atoms with E-state index in [0.29, 0.717) is 20.9 Å². The van der Waals surface area contributed by atoms with Gasteiger partial charge < -0.3 is 5.32 Å². The van der Waals surface area contributed by atoms with Crippen LogP contribution in [0.1, 0.15) is 21.5 Å². The zero-order chi connectivity index (χ0) is 17.3. The Balaban J connectivity index is 1.71. The van der Waals surface area contributed by atoms with Crippen LogP contribution in [0.25, 0.3) is 10.2 Å². The Morgan fingerprint density at radius 2 is 2.00 bits per heavy atom. The van der Waals surface area contributed by atoms with Crippen LogP contribution in [0.4, 0.5) is 9.52 Å². The standard InChI is InChI=1S/C17H14FN3OS2/c1-9-3-5-12(10(2)7-9)15(22)20-16(23)21-17-19-13-6-4-11(18)8-14(13)24-17/h3-8H,1-2H3,(H2,19,20,21,22,23). The Labute approximate surface area is 147 Å². The van der Waals surface area contributed by atoms with Crippen molar-refractivity contribution in [1.29, 1.82) is 0 Å². The van der Waals surface area contributed by atoms with Gasteiger partial charge in [0, 0.05) is 5.56 Å². The van der Waals surface area contributed by atoms with Crippen molar-refractivity contribution in [3.63, 3.8) is 0 Å². The van der Waals surface area contributed by atoms with Gasteiger partial charge in [-0.25, -0.2) is 9.37 Å². The molecule has 0 aliphatic heterocycles. The molecule has 4 nitrogen and oxygen atoms in total. The lowest BCUT2D eigenvalue weighted by Gasteiger charge is -2.09. The molecule has 122 valence electrons. The number of nitrogens with zero attached hydrogens (tertiary/aromatic N) is 1. The Hall–Kier alpha value is -2.38. The summed E-state index contributed by atoms with van der Waals surface area (Å²) in [5, 5.41) is 6.16. The van der Waals surface area contributed by atoms with Crippen molar-refractivity contribution in [2.24, 2.45) is 0 Å². The topological polar surface area (TPSA) is 54.0 Å². The number of amides is 1. The Bertz CT molecular complexity index is 952. The van der Waals surface area contributed by atoms with E-state index in [1.54, 1.807) is 12.1 Å². The molecule has 1 amide bonds. The first-order valence-electron chi connectivity index (χ1n) is 7.18. The number of carbonyl (C=O) groups is 1. The van der Waals surface area contributed by atoms with Gasteiger partial charge in [0.05, 0.1) is 10.2 Å². The zero-order valence-corrected chi connectivity index (χ0v) is 14.6. The van der Waals surface area contributed by atoms with E-state index in [4.69, 9.17) is 12.2 Å². The number of aryl methyl sites for hydroxylation is 2. The number of halogens is 1. The number of hydrogen-bond donors (Lipinski definition) is 2. The van der Waals surface area contributed by atoms with Crippen molar-refractivity contribution < 1.29 is 9.18 Å². The molecule has 0 saturated carbocycles. The van der Waals surface area contributed by atoms with Gasteiger partial charge in [-0.1, -0.05) is 29.0 Å². The third kappa shape index (κ3) is 3.58. The summed E-state index contributed by atoms with van der Waals surface area (Å²) in [7, 11) is 0. The van der Waals surface area contributed by atoms with Gasteiger partial charge in [-0.05, 0) is 55.9 Å². The number of aromatic nitrogens is 1. The van der Waals surface area contributed by atoms with Crippen LogP contribution < -0.4 is 10.6 Å². The second-order valence-electron chi connectivity index (χ2n) is 5.36. The summed E-state index contributed by atoms with van der Waals surface area (Å²) in [6.07, 6.45) is 0. The lowest BCUT2D eigenvalue weighted by molar-refractivity contribution is 0.0977. The number of hydrogen-bond acceptors (Lipinski definition) is 4. The molecule has 3 rings (SSSR count). The van der Waals surface area contributed by atoms with Gasteiger partial charge in [0.25, 0.3) is 5.91 Å². The first-order valence-corrected chi connectivity index (χ1v) is 8.40. The number of benzene rings is 2. The molecule has 0 radical (unpaired) electrons. The van der Waals surface area contributed by atoms with Crippen LogP contribution >= 0.6 is 23.6 Å². The van der Waals surface area contributed by atoms with Crippen molar-refractivity contribution >= 4 is 49.9 Å². The molecule has 2 aromatic carbocycles. The fourth-order valence-corrected chi connectivity index (χ4v) is 3.47. The monoisotopic (exact) mass is 359 g/mol. The van der Waals surface area contributed by atoms with Crippen LogP contribution in [0.3, 0.4) is 0 Å². The molecule has 0 spiro atoms. The summed E-state index contributed by atoms with van der Waals surface area (Å²) >= 11 is 6.43. The Morgan fingerprint density at radius 3 is 2.75 bits per heavy atom. The van der Waals surface area contributed by atoms with E-state index in [2.05, 4.69) is 15.6 Å². The van der Waals surface area contributed by atoms with E-state index in [1.807, 2.05) is 26.0 Å². The van der Waals surface area contributed by atoms with Gasteiger partial charge in [0.2, 0.25) is 0 Å². The van der Waals surface area contributed by atoms with E-state index >= 15 is 0 Å². The fraction of sp³-hybridized carbons (Fsp3) is 0.118. The molecule has 1 heterocycles. The van der Waals surface area contributed by atoms with Crippen LogP contribution in [0.15, 0.2) is 36.4 Å². The highest BCUT2D eigenvalue weighted by Gasteiger charge is 2.12. The highest BCUT2D eigenvalue weighted by molar-refractivity contribution is 7.80. The molecule has 1 aromatic heterocycles. The summed E-state index contributed by atoms with van der Waals surface area (Å²) in [5.74, 6) is -0.597. The van der Waals surface area contributed by atoms with E-state index in [-0.39, 0.29) is 16.8 Å². The minimum absolute atomic E-state index is 0.152. The maximum absolute atomic E-state index is 13.2. The average molecular weight is 359 g/mol. The number of nitrogens with one attached hydrogen (secondary N) is 2. The molecule has 0 aliphatic rings. The van der Waals surface area contributed by atoms with Gasteiger partial charge in [-0.2, -0.15) is 0 Å². The summed E-state index contributed by atoms with van der Waals surface area (Å²) in [6.45, 7) is 3.84. The highest BCUT2D eigenvalue weighted by atomic mass is 32.1. The smallest absolute Gasteiger partial charge is 0.257 e. The fourth-order valence-electron chi connectivity index (χ4n) is 2.32. The second kappa shape index (κ2) is 6.62. The lowest BCUT2D eigenvalue weighted by Crippen LogP contribution is -2.34. The summed E-state index contributed by atoms with van der Waals surface area (Å²) in [6, 6.07) is 9.95. The normalized spacial score (nSPS) is 10.6. The average Bonchev–Trinajstić information content (AvgIpc) is 2.87. The molecule has 0 atom stereocenters. The van der Waals surface area contributed by atoms with E-state index < -0.39 is 0 Å². The SMILES string of the molecule is Cc1ccc(C(=O)NC(=S)Nc2nc3ccc(F)cc3s2)c(C)c1. The number of fused-ring (bicyclic) bond motifs is 1. The van der Waals surface area contributed by atoms with Crippen molar-refractivity contribution in [1.82, 2.24) is 10.3 Å². The van der Waals surface area contributed by atoms with Crippen LogP contribution in [0.2, 0.25) is 0 Å². The van der Waals surface area contributed by atoms with Gasteiger partial charge >= 0.3 is 0 Å². The molecule has 0 fully saturated rings. The number of thiazole rings is 1. The highest BCUT2D eigenvalue weighted by Crippen LogP contribution is 2.26. The summed E-state index contributed by atoms with van der Waals surface area (Å²) < 4.78 is 13.9. The van der Waals surface area contributed by atoms with Crippen molar-refractivity contribution in [3.05, 3.63) is 58.9 Å². The second-order valence-corrected chi connectivity index (χ2v) is 6.80. The Morgan fingerprint density at radius 1 is 1.21 bits per heavy atom. The number of thiocarbonyl (C=S) groups is 1. The maximum atomic E-state index is 13.2. The molecular weight excluding hydrogens is 345 g/mol. The molecule has 0 aliphatic carbocycles. The number of carbonyl (C=O) groups excluding carboxylic acids is 1. The van der Waals surface area contributed by atoms with Gasteiger partial charge in [-0.15, -0.1) is 0 Å². The molecule has 7 heteroatoms. The third-order valence-corrected chi connectivity index (χ3v) is 4.56. The first kappa shape index (κ1) is 16.5. The molecule has 3 aromatic rings. The molecule has 2 N–H and O–H groups in total. The molecular formula is C17H14FN3OS2. The van der Waals surface area contributed by atoms with Crippen LogP contribution in [-0.2, 0) is 0 Å². The number of anilines is 1. The van der Waals surface area contributed by atoms with Crippen LogP contribution in [0.5, 0.6) is 0 Å². The van der Waals surface area contributed by atoms with Gasteiger partial charge in [0.15, 0.2) is 10.2 Å². The van der Waals surface area contributed by atoms with E-state index in [0.717, 1.165) is 11.1 Å². The largest absolute Gasteiger partial charge is 0.308 e. The number of rotatable bonds is 2. The van der Waals surface area contributed by atoms with Crippen molar-refractivity contribution in [2.75, 3.05) is 5.32 Å². The van der Waals surface area contributed by atoms with Gasteiger partial charge in [-0.3, -0.25) is 10.1 Å². The molecule has 0 unspecified atom stereocenters. The summed E-state index contributed by atoms with van der Waals surface area (Å²) in [5.41, 5.74) is 3.21. The lowest BCUT2D eigenvalue weighted by atomic mass is 10.1. The molecule has 0 saturated heterocycles. The van der Waals surface area contributed by atoms with Crippen molar-refractivity contribution in [2.45, 2.75) is 13.8 Å². The van der Waals surface area contributed by atoms with Crippen molar-refractivity contribution in [3.8, 4) is 0 Å². The maximum Gasteiger partial charge on any atom is 0.257 e. The Kier molecular flexibility index (Phi) is 4.55. The first-order chi connectivity index (χ1) is 11.4. The quantitative estimate of drug-likeness (QED) is 0.674.